The average molecular weight is 215 g/mol. The third kappa shape index (κ3) is 2.20. The van der Waals surface area contributed by atoms with Gasteiger partial charge in [-0.3, -0.25) is 0 Å². The van der Waals surface area contributed by atoms with Crippen LogP contribution in [0.4, 0.5) is 0 Å². The largest absolute Gasteiger partial charge is 0.493 e. The number of hydrogen-bond donors (Lipinski definition) is 1. The van der Waals surface area contributed by atoms with Crippen LogP contribution in [0.2, 0.25) is 0 Å². The molecule has 0 fully saturated rings. The molecule has 2 atom stereocenters. The Balaban J connectivity index is 1.99. The van der Waals surface area contributed by atoms with Gasteiger partial charge in [-0.05, 0) is 18.9 Å². The van der Waals surface area contributed by atoms with Gasteiger partial charge in [0.15, 0.2) is 0 Å². The summed E-state index contributed by atoms with van der Waals surface area (Å²) in [5.41, 5.74) is 7.43. The van der Waals surface area contributed by atoms with Gasteiger partial charge < -0.3 is 10.5 Å². The van der Waals surface area contributed by atoms with Crippen molar-refractivity contribution in [3.63, 3.8) is 0 Å². The SMILES string of the molecule is C#CCCCC(N)C1COc2ccccc21. The van der Waals surface area contributed by atoms with Crippen LogP contribution in [-0.2, 0) is 0 Å². The van der Waals surface area contributed by atoms with Crippen LogP contribution >= 0.6 is 0 Å². The molecule has 1 aliphatic rings. The smallest absolute Gasteiger partial charge is 0.122 e. The molecule has 0 aliphatic carbocycles. The molecule has 0 saturated heterocycles. The van der Waals surface area contributed by atoms with E-state index in [0.717, 1.165) is 25.0 Å². The quantitative estimate of drug-likeness (QED) is 0.618. The lowest BCUT2D eigenvalue weighted by molar-refractivity contribution is 0.309. The standard InChI is InChI=1S/C14H17NO/c1-2-3-4-8-13(15)12-10-16-14-9-6-5-7-11(12)14/h1,5-7,9,12-13H,3-4,8,10,15H2. The Morgan fingerprint density at radius 2 is 2.31 bits per heavy atom. The van der Waals surface area contributed by atoms with Crippen LogP contribution in [0.5, 0.6) is 5.75 Å². The summed E-state index contributed by atoms with van der Waals surface area (Å²) >= 11 is 0. The van der Waals surface area contributed by atoms with Gasteiger partial charge in [0.25, 0.3) is 0 Å². The Bertz CT molecular complexity index is 394. The van der Waals surface area contributed by atoms with Crippen molar-refractivity contribution in [3.8, 4) is 18.1 Å². The van der Waals surface area contributed by atoms with Gasteiger partial charge in [0, 0.05) is 23.9 Å². The van der Waals surface area contributed by atoms with Crippen molar-refractivity contribution in [2.24, 2.45) is 5.73 Å². The molecule has 1 heterocycles. The predicted octanol–water partition coefficient (Wildman–Crippen LogP) is 2.29. The van der Waals surface area contributed by atoms with Crippen LogP contribution in [0.25, 0.3) is 0 Å². The Labute approximate surface area is 96.8 Å². The van der Waals surface area contributed by atoms with Crippen LogP contribution in [0, 0.1) is 12.3 Å². The number of unbranched alkanes of at least 4 members (excludes halogenated alkanes) is 1. The van der Waals surface area contributed by atoms with E-state index in [4.69, 9.17) is 16.9 Å². The highest BCUT2D eigenvalue weighted by Crippen LogP contribution is 2.35. The molecular formula is C14H17NO. The molecule has 0 spiro atoms. The van der Waals surface area contributed by atoms with E-state index < -0.39 is 0 Å². The molecule has 0 saturated carbocycles. The highest BCUT2D eigenvalue weighted by atomic mass is 16.5. The van der Waals surface area contributed by atoms with E-state index in [1.54, 1.807) is 0 Å². The van der Waals surface area contributed by atoms with Crippen LogP contribution in [-0.4, -0.2) is 12.6 Å². The van der Waals surface area contributed by atoms with E-state index in [1.807, 2.05) is 18.2 Å². The molecule has 2 unspecified atom stereocenters. The number of rotatable bonds is 4. The number of fused-ring (bicyclic) bond motifs is 1. The Hall–Kier alpha value is -1.46. The maximum atomic E-state index is 6.19. The minimum atomic E-state index is 0.150. The normalized spacial score (nSPS) is 19.6. The summed E-state index contributed by atoms with van der Waals surface area (Å²) in [7, 11) is 0. The number of benzene rings is 1. The van der Waals surface area contributed by atoms with Crippen molar-refractivity contribution in [2.75, 3.05) is 6.61 Å². The lowest BCUT2D eigenvalue weighted by Crippen LogP contribution is -2.29. The summed E-state index contributed by atoms with van der Waals surface area (Å²) in [5.74, 6) is 3.96. The van der Waals surface area contributed by atoms with E-state index in [1.165, 1.54) is 5.56 Å². The fourth-order valence-electron chi connectivity index (χ4n) is 2.18. The molecule has 0 amide bonds. The first kappa shape index (κ1) is 11.0. The van der Waals surface area contributed by atoms with E-state index in [9.17, 15) is 0 Å². The first-order chi connectivity index (χ1) is 7.83. The molecule has 2 N–H and O–H groups in total. The maximum Gasteiger partial charge on any atom is 0.122 e. The fourth-order valence-corrected chi connectivity index (χ4v) is 2.18. The van der Waals surface area contributed by atoms with E-state index in [-0.39, 0.29) is 6.04 Å². The van der Waals surface area contributed by atoms with Gasteiger partial charge in [-0.15, -0.1) is 12.3 Å². The van der Waals surface area contributed by atoms with Crippen molar-refractivity contribution in [3.05, 3.63) is 29.8 Å². The minimum absolute atomic E-state index is 0.150. The number of nitrogens with two attached hydrogens (primary N) is 1. The van der Waals surface area contributed by atoms with Gasteiger partial charge >= 0.3 is 0 Å². The van der Waals surface area contributed by atoms with Crippen molar-refractivity contribution in [2.45, 2.75) is 31.2 Å². The molecule has 2 heteroatoms. The highest BCUT2D eigenvalue weighted by molar-refractivity contribution is 5.40. The van der Waals surface area contributed by atoms with Gasteiger partial charge in [0.05, 0.1) is 6.61 Å². The predicted molar refractivity (Wildman–Crippen MR) is 65.3 cm³/mol. The number of ether oxygens (including phenoxy) is 1. The Morgan fingerprint density at radius 3 is 3.12 bits per heavy atom. The first-order valence-corrected chi connectivity index (χ1v) is 5.73. The maximum absolute atomic E-state index is 6.19. The third-order valence-corrected chi connectivity index (χ3v) is 3.11. The lowest BCUT2D eigenvalue weighted by atomic mass is 9.91. The van der Waals surface area contributed by atoms with Gasteiger partial charge in [-0.1, -0.05) is 18.2 Å². The third-order valence-electron chi connectivity index (χ3n) is 3.11. The van der Waals surface area contributed by atoms with Crippen LogP contribution in [0.1, 0.15) is 30.7 Å². The second-order valence-corrected chi connectivity index (χ2v) is 4.22. The topological polar surface area (TPSA) is 35.2 Å². The van der Waals surface area contributed by atoms with Crippen molar-refractivity contribution in [1.82, 2.24) is 0 Å². The molecule has 84 valence electrons. The van der Waals surface area contributed by atoms with E-state index in [0.29, 0.717) is 12.5 Å². The minimum Gasteiger partial charge on any atom is -0.493 e. The summed E-state index contributed by atoms with van der Waals surface area (Å²) < 4.78 is 5.62. The fraction of sp³-hybridized carbons (Fsp3) is 0.429. The van der Waals surface area contributed by atoms with Crippen molar-refractivity contribution < 1.29 is 4.74 Å². The molecule has 0 bridgehead atoms. The molecule has 1 aromatic rings. The Morgan fingerprint density at radius 1 is 1.50 bits per heavy atom. The van der Waals surface area contributed by atoms with Crippen LogP contribution in [0.3, 0.4) is 0 Å². The summed E-state index contributed by atoms with van der Waals surface area (Å²) in [4.78, 5) is 0. The van der Waals surface area contributed by atoms with Gasteiger partial charge in [0.2, 0.25) is 0 Å². The number of para-hydroxylation sites is 1. The van der Waals surface area contributed by atoms with Crippen LogP contribution < -0.4 is 10.5 Å². The summed E-state index contributed by atoms with van der Waals surface area (Å²) in [6.07, 6.45) is 8.00. The number of terminal acetylenes is 1. The van der Waals surface area contributed by atoms with E-state index in [2.05, 4.69) is 12.0 Å². The molecule has 1 aromatic carbocycles. The molecule has 16 heavy (non-hydrogen) atoms. The lowest BCUT2D eigenvalue weighted by Gasteiger charge is -2.17. The summed E-state index contributed by atoms with van der Waals surface area (Å²) in [6, 6.07) is 8.29. The van der Waals surface area contributed by atoms with Crippen LogP contribution in [0.15, 0.2) is 24.3 Å². The molecular weight excluding hydrogens is 198 g/mol. The molecule has 2 rings (SSSR count). The van der Waals surface area contributed by atoms with Gasteiger partial charge in [0.1, 0.15) is 5.75 Å². The number of hydrogen-bond acceptors (Lipinski definition) is 2. The zero-order valence-electron chi connectivity index (χ0n) is 9.36. The second-order valence-electron chi connectivity index (χ2n) is 4.22. The van der Waals surface area contributed by atoms with Crippen molar-refractivity contribution >= 4 is 0 Å². The highest BCUT2D eigenvalue weighted by Gasteiger charge is 2.28. The molecule has 0 aromatic heterocycles. The molecule has 1 aliphatic heterocycles. The Kier molecular flexibility index (Phi) is 3.48. The monoisotopic (exact) mass is 215 g/mol. The van der Waals surface area contributed by atoms with Gasteiger partial charge in [-0.2, -0.15) is 0 Å². The van der Waals surface area contributed by atoms with Crippen molar-refractivity contribution in [1.29, 1.82) is 0 Å². The first-order valence-electron chi connectivity index (χ1n) is 5.73. The van der Waals surface area contributed by atoms with E-state index >= 15 is 0 Å². The molecule has 0 radical (unpaired) electrons. The average Bonchev–Trinajstić information content (AvgIpc) is 2.73. The second kappa shape index (κ2) is 5.05. The summed E-state index contributed by atoms with van der Waals surface area (Å²) in [6.45, 7) is 0.705. The zero-order chi connectivity index (χ0) is 11.4. The zero-order valence-corrected chi connectivity index (χ0v) is 9.36. The van der Waals surface area contributed by atoms with Gasteiger partial charge in [-0.25, -0.2) is 0 Å². The summed E-state index contributed by atoms with van der Waals surface area (Å²) in [5, 5.41) is 0. The molecule has 2 nitrogen and oxygen atoms in total.